The fourth-order valence-corrected chi connectivity index (χ4v) is 6.05. The fraction of sp³-hybridized carbons (Fsp3) is 0.708. The normalized spacial score (nSPS) is 30.2. The molecule has 2 fully saturated rings. The molecule has 0 amide bonds. The Hall–Kier alpha value is -1.59. The van der Waals surface area contributed by atoms with Gasteiger partial charge in [-0.05, 0) is 69.8 Å². The van der Waals surface area contributed by atoms with Gasteiger partial charge in [-0.1, -0.05) is 5.57 Å². The third-order valence-electron chi connectivity index (χ3n) is 7.79. The van der Waals surface area contributed by atoms with Crippen LogP contribution in [0.4, 0.5) is 0 Å². The molecule has 1 aromatic heterocycles. The molecule has 1 atom stereocenters. The van der Waals surface area contributed by atoms with Crippen molar-refractivity contribution in [3.05, 3.63) is 28.9 Å². The van der Waals surface area contributed by atoms with Crippen LogP contribution in [0.25, 0.3) is 5.57 Å². The second-order valence-electron chi connectivity index (χ2n) is 9.48. The molecule has 1 saturated heterocycles. The van der Waals surface area contributed by atoms with E-state index in [0.29, 0.717) is 5.78 Å². The second kappa shape index (κ2) is 8.27. The number of carbonyl (C=O) groups is 1. The lowest BCUT2D eigenvalue weighted by atomic mass is 9.79. The number of hydrogen-bond acceptors (Lipinski definition) is 5. The Morgan fingerprint density at radius 2 is 1.93 bits per heavy atom. The number of ketones is 1. The van der Waals surface area contributed by atoms with Crippen LogP contribution in [0.15, 0.2) is 11.9 Å². The Kier molecular flexibility index (Phi) is 5.53. The summed E-state index contributed by atoms with van der Waals surface area (Å²) in [7, 11) is 0. The van der Waals surface area contributed by atoms with E-state index in [1.807, 2.05) is 0 Å². The summed E-state index contributed by atoms with van der Waals surface area (Å²) in [4.78, 5) is 24.0. The van der Waals surface area contributed by atoms with Gasteiger partial charge in [0.25, 0.3) is 0 Å². The minimum absolute atomic E-state index is 0.191. The number of ether oxygens (including phenoxy) is 1. The van der Waals surface area contributed by atoms with Crippen molar-refractivity contribution >= 4 is 11.4 Å². The maximum atomic E-state index is 12.0. The fourth-order valence-electron chi connectivity index (χ4n) is 6.05. The first-order chi connectivity index (χ1) is 14.2. The standard InChI is InChI=1S/C24H33N3O2/c1-16(28)18-4-5-19-14-23-24(21(19)13-18)22(25-15-26-23)12-17-2-6-20(7-3-17)27-8-10-29-11-9-27/h15,17-18,20H,2-14H2,1H3/t17-,18-,20-/m0/s1. The number of Topliss-reactive ketones (excluding diaryl/α,β-unsaturated/α-hetero) is 1. The van der Waals surface area contributed by atoms with Crippen LogP contribution in [-0.2, 0) is 22.4 Å². The van der Waals surface area contributed by atoms with Gasteiger partial charge < -0.3 is 4.74 Å². The SMILES string of the molecule is CC(=O)[C@H]1CCC2=C(C1)c1c(ncnc1C[C@H]1CC[C@H](N3CCOCC3)CC1)C2. The number of aromatic nitrogens is 2. The highest BCUT2D eigenvalue weighted by molar-refractivity contribution is 5.85. The molecule has 0 spiro atoms. The van der Waals surface area contributed by atoms with Crippen LogP contribution in [0.3, 0.4) is 0 Å². The average Bonchev–Trinajstić information content (AvgIpc) is 3.13. The van der Waals surface area contributed by atoms with E-state index in [2.05, 4.69) is 9.88 Å². The molecule has 0 radical (unpaired) electrons. The summed E-state index contributed by atoms with van der Waals surface area (Å²) >= 11 is 0. The van der Waals surface area contributed by atoms with Crippen molar-refractivity contribution < 1.29 is 9.53 Å². The summed E-state index contributed by atoms with van der Waals surface area (Å²) in [6, 6.07) is 0.746. The van der Waals surface area contributed by atoms with Crippen LogP contribution >= 0.6 is 0 Å². The minimum Gasteiger partial charge on any atom is -0.379 e. The summed E-state index contributed by atoms with van der Waals surface area (Å²) in [5.74, 6) is 1.25. The number of allylic oxidation sites excluding steroid dienone is 2. The number of nitrogens with zero attached hydrogens (tertiary/aromatic N) is 3. The molecule has 2 heterocycles. The van der Waals surface area contributed by atoms with Crippen molar-refractivity contribution in [1.29, 1.82) is 0 Å². The Morgan fingerprint density at radius 1 is 1.14 bits per heavy atom. The summed E-state index contributed by atoms with van der Waals surface area (Å²) in [6.45, 7) is 5.74. The van der Waals surface area contributed by atoms with E-state index >= 15 is 0 Å². The van der Waals surface area contributed by atoms with Crippen molar-refractivity contribution in [2.24, 2.45) is 11.8 Å². The van der Waals surface area contributed by atoms with Crippen LogP contribution in [0.1, 0.15) is 68.8 Å². The Morgan fingerprint density at radius 3 is 2.69 bits per heavy atom. The lowest BCUT2D eigenvalue weighted by molar-refractivity contribution is -0.120. The van der Waals surface area contributed by atoms with E-state index in [9.17, 15) is 4.79 Å². The predicted octanol–water partition coefficient (Wildman–Crippen LogP) is 3.61. The van der Waals surface area contributed by atoms with E-state index in [1.165, 1.54) is 53.8 Å². The van der Waals surface area contributed by atoms with E-state index in [-0.39, 0.29) is 5.92 Å². The van der Waals surface area contributed by atoms with E-state index in [1.54, 1.807) is 13.3 Å². The van der Waals surface area contributed by atoms with E-state index < -0.39 is 0 Å². The summed E-state index contributed by atoms with van der Waals surface area (Å²) in [6.07, 6.45) is 12.0. The lowest BCUT2D eigenvalue weighted by Gasteiger charge is -2.38. The van der Waals surface area contributed by atoms with Crippen LogP contribution in [0.5, 0.6) is 0 Å². The van der Waals surface area contributed by atoms with Crippen molar-refractivity contribution in [2.45, 2.75) is 70.8 Å². The van der Waals surface area contributed by atoms with Crippen molar-refractivity contribution in [3.63, 3.8) is 0 Å². The maximum Gasteiger partial charge on any atom is 0.133 e. The molecule has 4 aliphatic rings. The van der Waals surface area contributed by atoms with Gasteiger partial charge in [-0.25, -0.2) is 9.97 Å². The van der Waals surface area contributed by atoms with Crippen molar-refractivity contribution in [3.8, 4) is 0 Å². The first kappa shape index (κ1) is 19.4. The average molecular weight is 396 g/mol. The molecule has 0 unspecified atom stereocenters. The molecule has 3 aliphatic carbocycles. The molecule has 0 N–H and O–H groups in total. The lowest BCUT2D eigenvalue weighted by Crippen LogP contribution is -2.45. The molecule has 1 saturated carbocycles. The number of morpholine rings is 1. The van der Waals surface area contributed by atoms with Crippen molar-refractivity contribution in [2.75, 3.05) is 26.3 Å². The monoisotopic (exact) mass is 395 g/mol. The highest BCUT2D eigenvalue weighted by Gasteiger charge is 2.34. The van der Waals surface area contributed by atoms with Gasteiger partial charge in [-0.3, -0.25) is 9.69 Å². The van der Waals surface area contributed by atoms with Crippen LogP contribution in [0, 0.1) is 11.8 Å². The quantitative estimate of drug-likeness (QED) is 0.780. The minimum atomic E-state index is 0.191. The van der Waals surface area contributed by atoms with Crippen LogP contribution < -0.4 is 0 Å². The van der Waals surface area contributed by atoms with Crippen molar-refractivity contribution in [1.82, 2.24) is 14.9 Å². The largest absolute Gasteiger partial charge is 0.379 e. The van der Waals surface area contributed by atoms with Gasteiger partial charge in [0.05, 0.1) is 24.6 Å². The summed E-state index contributed by atoms with van der Waals surface area (Å²) in [5, 5.41) is 0. The van der Waals surface area contributed by atoms with Gasteiger partial charge in [-0.2, -0.15) is 0 Å². The molecular formula is C24H33N3O2. The van der Waals surface area contributed by atoms with Gasteiger partial charge in [-0.15, -0.1) is 0 Å². The smallest absolute Gasteiger partial charge is 0.133 e. The maximum absolute atomic E-state index is 12.0. The molecule has 29 heavy (non-hydrogen) atoms. The van der Waals surface area contributed by atoms with Gasteiger partial charge in [0.1, 0.15) is 12.1 Å². The summed E-state index contributed by atoms with van der Waals surface area (Å²) in [5.41, 5.74) is 6.73. The molecule has 5 rings (SSSR count). The molecular weight excluding hydrogens is 362 g/mol. The molecule has 0 bridgehead atoms. The number of fused-ring (bicyclic) bond motifs is 2. The van der Waals surface area contributed by atoms with Gasteiger partial charge in [0, 0.05) is 37.0 Å². The first-order valence-electron chi connectivity index (χ1n) is 11.5. The Balaban J connectivity index is 1.27. The molecule has 156 valence electrons. The summed E-state index contributed by atoms with van der Waals surface area (Å²) < 4.78 is 5.52. The zero-order valence-electron chi connectivity index (χ0n) is 17.7. The predicted molar refractivity (Wildman–Crippen MR) is 113 cm³/mol. The van der Waals surface area contributed by atoms with E-state index in [0.717, 1.165) is 70.4 Å². The number of rotatable bonds is 4. The number of carbonyl (C=O) groups excluding carboxylic acids is 1. The molecule has 5 nitrogen and oxygen atoms in total. The highest BCUT2D eigenvalue weighted by atomic mass is 16.5. The zero-order chi connectivity index (χ0) is 19.8. The van der Waals surface area contributed by atoms with Crippen LogP contribution in [-0.4, -0.2) is 53.0 Å². The molecule has 0 aromatic carbocycles. The second-order valence-corrected chi connectivity index (χ2v) is 9.48. The Labute approximate surface area is 173 Å². The Bertz CT molecular complexity index is 804. The molecule has 1 aromatic rings. The van der Waals surface area contributed by atoms with Gasteiger partial charge >= 0.3 is 0 Å². The third kappa shape index (κ3) is 3.91. The first-order valence-corrected chi connectivity index (χ1v) is 11.5. The van der Waals surface area contributed by atoms with Gasteiger partial charge in [0.2, 0.25) is 0 Å². The van der Waals surface area contributed by atoms with Gasteiger partial charge in [0.15, 0.2) is 0 Å². The topological polar surface area (TPSA) is 55.3 Å². The molecule has 1 aliphatic heterocycles. The molecule has 5 heteroatoms. The highest BCUT2D eigenvalue weighted by Crippen LogP contribution is 2.45. The van der Waals surface area contributed by atoms with E-state index in [4.69, 9.17) is 9.72 Å². The van der Waals surface area contributed by atoms with Crippen LogP contribution in [0.2, 0.25) is 0 Å². The number of hydrogen-bond donors (Lipinski definition) is 0. The zero-order valence-corrected chi connectivity index (χ0v) is 17.7. The third-order valence-corrected chi connectivity index (χ3v) is 7.79.